The van der Waals surface area contributed by atoms with Gasteiger partial charge in [0.2, 0.25) is 0 Å². The maximum atomic E-state index is 13.8. The van der Waals surface area contributed by atoms with Gasteiger partial charge in [0.15, 0.2) is 5.78 Å². The van der Waals surface area contributed by atoms with E-state index < -0.39 is 17.2 Å². The third-order valence-corrected chi connectivity index (χ3v) is 7.29. The number of imide groups is 1. The molecule has 0 spiro atoms. The molecule has 37 heavy (non-hydrogen) atoms. The van der Waals surface area contributed by atoms with Crippen molar-refractivity contribution < 1.29 is 14.4 Å². The molecule has 5 aromatic rings. The number of ketones is 1. The SMILES string of the molecule is O=C(c1ccccc1)C(c1ccccc1)N1C(=O)SC(=Cc2c3ccccc3nc3ccccc23)C1=O. The van der Waals surface area contributed by atoms with E-state index >= 15 is 0 Å². The van der Waals surface area contributed by atoms with Gasteiger partial charge in [-0.25, -0.2) is 4.98 Å². The molecule has 178 valence electrons. The Bertz CT molecular complexity index is 1660. The first-order valence-corrected chi connectivity index (χ1v) is 12.6. The van der Waals surface area contributed by atoms with Gasteiger partial charge in [0.05, 0.1) is 15.9 Å². The van der Waals surface area contributed by atoms with Gasteiger partial charge < -0.3 is 0 Å². The molecule has 4 aromatic carbocycles. The summed E-state index contributed by atoms with van der Waals surface area (Å²) in [5.74, 6) is -0.798. The van der Waals surface area contributed by atoms with Crippen LogP contribution in [0.15, 0.2) is 114 Å². The highest BCUT2D eigenvalue weighted by Gasteiger charge is 2.43. The van der Waals surface area contributed by atoms with Gasteiger partial charge in [-0.05, 0) is 41.1 Å². The molecule has 1 aliphatic heterocycles. The Labute approximate surface area is 217 Å². The summed E-state index contributed by atoms with van der Waals surface area (Å²) in [4.78, 5) is 46.9. The van der Waals surface area contributed by atoms with E-state index in [1.807, 2.05) is 60.7 Å². The molecule has 1 aromatic heterocycles. The number of amides is 2. The number of hydrogen-bond donors (Lipinski definition) is 0. The molecule has 0 saturated carbocycles. The van der Waals surface area contributed by atoms with Crippen LogP contribution in [0, 0.1) is 0 Å². The first-order chi connectivity index (χ1) is 18.1. The van der Waals surface area contributed by atoms with Crippen LogP contribution in [0.3, 0.4) is 0 Å². The quantitative estimate of drug-likeness (QED) is 0.147. The summed E-state index contributed by atoms with van der Waals surface area (Å²) in [6.07, 6.45) is 1.76. The van der Waals surface area contributed by atoms with E-state index in [-0.39, 0.29) is 10.7 Å². The Kier molecular flexibility index (Phi) is 5.87. The van der Waals surface area contributed by atoms with Crippen LogP contribution in [0.1, 0.15) is 27.5 Å². The van der Waals surface area contributed by atoms with E-state index in [0.29, 0.717) is 11.1 Å². The van der Waals surface area contributed by atoms with Crippen LogP contribution in [0.5, 0.6) is 0 Å². The number of Topliss-reactive ketones (excluding diaryl/α,β-unsaturated/α-hetero) is 1. The number of carbonyl (C=O) groups is 3. The average molecular weight is 501 g/mol. The number of fused-ring (bicyclic) bond motifs is 2. The lowest BCUT2D eigenvalue weighted by atomic mass is 9.96. The maximum absolute atomic E-state index is 13.8. The Morgan fingerprint density at radius 2 is 1.27 bits per heavy atom. The minimum atomic E-state index is -1.06. The van der Waals surface area contributed by atoms with Crippen molar-refractivity contribution in [2.24, 2.45) is 0 Å². The van der Waals surface area contributed by atoms with Crippen molar-refractivity contribution in [2.75, 3.05) is 0 Å². The largest absolute Gasteiger partial charge is 0.294 e. The van der Waals surface area contributed by atoms with E-state index in [2.05, 4.69) is 0 Å². The van der Waals surface area contributed by atoms with Crippen molar-refractivity contribution in [2.45, 2.75) is 6.04 Å². The van der Waals surface area contributed by atoms with E-state index in [1.165, 1.54) is 0 Å². The van der Waals surface area contributed by atoms with Crippen molar-refractivity contribution >= 4 is 56.6 Å². The summed E-state index contributed by atoms with van der Waals surface area (Å²) < 4.78 is 0. The van der Waals surface area contributed by atoms with Gasteiger partial charge in [0.25, 0.3) is 11.1 Å². The Morgan fingerprint density at radius 3 is 1.89 bits per heavy atom. The standard InChI is InChI=1S/C31H20N2O3S/c34-29(21-13-5-2-6-14-21)28(20-11-3-1-4-12-20)33-30(35)27(37-31(33)36)19-24-22-15-7-9-17-25(22)32-26-18-10-8-16-23(24)26/h1-19,28H. The molecule has 0 aliphatic carbocycles. The molecule has 1 aliphatic rings. The topological polar surface area (TPSA) is 67.3 Å². The lowest BCUT2D eigenvalue weighted by molar-refractivity contribution is -0.123. The number of carbonyl (C=O) groups excluding carboxylic acids is 3. The van der Waals surface area contributed by atoms with E-state index in [4.69, 9.17) is 4.98 Å². The zero-order valence-corrected chi connectivity index (χ0v) is 20.4. The summed E-state index contributed by atoms with van der Waals surface area (Å²) in [6.45, 7) is 0. The second-order valence-corrected chi connectivity index (χ2v) is 9.65. The van der Waals surface area contributed by atoms with Crippen LogP contribution < -0.4 is 0 Å². The van der Waals surface area contributed by atoms with Gasteiger partial charge in [-0.2, -0.15) is 0 Å². The number of rotatable bonds is 5. The second-order valence-electron chi connectivity index (χ2n) is 8.65. The summed E-state index contributed by atoms with van der Waals surface area (Å²) in [5, 5.41) is 1.29. The highest BCUT2D eigenvalue weighted by Crippen LogP contribution is 2.40. The van der Waals surface area contributed by atoms with E-state index in [9.17, 15) is 14.4 Å². The smallest absolute Gasteiger partial charge is 0.291 e. The monoisotopic (exact) mass is 500 g/mol. The van der Waals surface area contributed by atoms with Crippen molar-refractivity contribution in [3.05, 3.63) is 131 Å². The van der Waals surface area contributed by atoms with Gasteiger partial charge in [0, 0.05) is 16.3 Å². The molecule has 6 rings (SSSR count). The van der Waals surface area contributed by atoms with Crippen LogP contribution in [-0.4, -0.2) is 26.8 Å². The Hall–Kier alpha value is -4.55. The first kappa shape index (κ1) is 22.9. The molecule has 0 bridgehead atoms. The van der Waals surface area contributed by atoms with Crippen LogP contribution >= 0.6 is 11.8 Å². The fourth-order valence-electron chi connectivity index (χ4n) is 4.67. The zero-order chi connectivity index (χ0) is 25.4. The summed E-state index contributed by atoms with van der Waals surface area (Å²) >= 11 is 0.855. The zero-order valence-electron chi connectivity index (χ0n) is 19.6. The van der Waals surface area contributed by atoms with E-state index in [0.717, 1.165) is 44.0 Å². The van der Waals surface area contributed by atoms with Crippen molar-refractivity contribution in [3.63, 3.8) is 0 Å². The summed E-state index contributed by atoms with van der Waals surface area (Å²) in [7, 11) is 0. The number of hydrogen-bond acceptors (Lipinski definition) is 5. The number of pyridine rings is 1. The van der Waals surface area contributed by atoms with Gasteiger partial charge >= 0.3 is 0 Å². The molecule has 1 fully saturated rings. The predicted molar refractivity (Wildman–Crippen MR) is 147 cm³/mol. The molecule has 1 atom stereocenters. The van der Waals surface area contributed by atoms with Crippen LogP contribution in [-0.2, 0) is 4.79 Å². The Balaban J connectivity index is 1.48. The maximum Gasteiger partial charge on any atom is 0.294 e. The molecule has 1 saturated heterocycles. The van der Waals surface area contributed by atoms with Gasteiger partial charge in [0.1, 0.15) is 6.04 Å². The fourth-order valence-corrected chi connectivity index (χ4v) is 5.51. The predicted octanol–water partition coefficient (Wildman–Crippen LogP) is 7.05. The fraction of sp³-hybridized carbons (Fsp3) is 0.0323. The molecule has 1 unspecified atom stereocenters. The first-order valence-electron chi connectivity index (χ1n) is 11.8. The minimum Gasteiger partial charge on any atom is -0.291 e. The van der Waals surface area contributed by atoms with E-state index in [1.54, 1.807) is 54.6 Å². The highest BCUT2D eigenvalue weighted by molar-refractivity contribution is 8.18. The normalized spacial score (nSPS) is 15.6. The van der Waals surface area contributed by atoms with Crippen LogP contribution in [0.4, 0.5) is 4.79 Å². The third-order valence-electron chi connectivity index (χ3n) is 6.41. The number of nitrogens with zero attached hydrogens (tertiary/aromatic N) is 2. The lowest BCUT2D eigenvalue weighted by Gasteiger charge is -2.24. The number of benzene rings is 4. The molecule has 0 N–H and O–H groups in total. The van der Waals surface area contributed by atoms with Crippen LogP contribution in [0.25, 0.3) is 27.9 Å². The summed E-state index contributed by atoms with van der Waals surface area (Å²) in [5.41, 5.74) is 3.43. The number of para-hydroxylation sites is 2. The molecule has 2 amide bonds. The van der Waals surface area contributed by atoms with Crippen molar-refractivity contribution in [3.8, 4) is 0 Å². The van der Waals surface area contributed by atoms with Gasteiger partial charge in [-0.15, -0.1) is 0 Å². The van der Waals surface area contributed by atoms with Crippen molar-refractivity contribution in [1.82, 2.24) is 9.88 Å². The Morgan fingerprint density at radius 1 is 0.730 bits per heavy atom. The molecule has 2 heterocycles. The molecule has 5 nitrogen and oxygen atoms in total. The van der Waals surface area contributed by atoms with Gasteiger partial charge in [-0.3, -0.25) is 19.3 Å². The molecule has 0 radical (unpaired) electrons. The third kappa shape index (κ3) is 4.11. The number of thioether (sulfide) groups is 1. The average Bonchev–Trinajstić information content (AvgIpc) is 3.22. The molecular weight excluding hydrogens is 480 g/mol. The van der Waals surface area contributed by atoms with Gasteiger partial charge in [-0.1, -0.05) is 97.1 Å². The molecule has 6 heteroatoms. The lowest BCUT2D eigenvalue weighted by Crippen LogP contribution is -2.37. The highest BCUT2D eigenvalue weighted by atomic mass is 32.2. The number of aromatic nitrogens is 1. The molecular formula is C31H20N2O3S. The minimum absolute atomic E-state index is 0.272. The second kappa shape index (κ2) is 9.48. The summed E-state index contributed by atoms with van der Waals surface area (Å²) in [6, 6.07) is 32.1. The van der Waals surface area contributed by atoms with Crippen LogP contribution in [0.2, 0.25) is 0 Å². The van der Waals surface area contributed by atoms with Crippen molar-refractivity contribution in [1.29, 1.82) is 0 Å².